The molecule has 3 aromatic rings. The molecule has 0 fully saturated rings. The molecule has 3 rings (SSSR count). The van der Waals surface area contributed by atoms with Crippen molar-refractivity contribution in [2.24, 2.45) is 0 Å². The Labute approximate surface area is 185 Å². The lowest BCUT2D eigenvalue weighted by atomic mass is 9.78. The molecule has 0 amide bonds. The average Bonchev–Trinajstić information content (AvgIpc) is 2.92. The molecule has 5 nitrogen and oxygen atoms in total. The normalized spacial score (nSPS) is 12.5. The highest BCUT2D eigenvalue weighted by Gasteiger charge is 2.29. The SMILES string of the molecule is CCCn1c(N)[n+](CC(=O)c2cc(C(C)(C)C)c(O)c(C(C)(C)C)c2)c2ccccc21. The highest BCUT2D eigenvalue weighted by atomic mass is 16.3. The summed E-state index contributed by atoms with van der Waals surface area (Å²) in [7, 11) is 0. The van der Waals surface area contributed by atoms with E-state index in [1.807, 2.05) is 82.5 Å². The number of rotatable bonds is 5. The van der Waals surface area contributed by atoms with Crippen LogP contribution in [0.3, 0.4) is 0 Å². The summed E-state index contributed by atoms with van der Waals surface area (Å²) in [6, 6.07) is 11.7. The van der Waals surface area contributed by atoms with Gasteiger partial charge in [0.05, 0.1) is 6.54 Å². The van der Waals surface area contributed by atoms with Gasteiger partial charge in [-0.05, 0) is 41.5 Å². The Morgan fingerprint density at radius 3 is 2.10 bits per heavy atom. The van der Waals surface area contributed by atoms with Crippen LogP contribution < -0.4 is 10.3 Å². The number of nitrogens with zero attached hydrogens (tertiary/aromatic N) is 2. The van der Waals surface area contributed by atoms with E-state index in [2.05, 4.69) is 11.5 Å². The summed E-state index contributed by atoms with van der Waals surface area (Å²) in [6.45, 7) is 15.4. The fraction of sp³-hybridized carbons (Fsp3) is 0.462. The van der Waals surface area contributed by atoms with Crippen molar-refractivity contribution in [3.8, 4) is 5.75 Å². The number of fused-ring (bicyclic) bond motifs is 1. The molecule has 0 aliphatic carbocycles. The number of carbonyl (C=O) groups is 1. The van der Waals surface area contributed by atoms with Crippen LogP contribution in [0.2, 0.25) is 0 Å². The maximum absolute atomic E-state index is 13.5. The fourth-order valence-electron chi connectivity index (χ4n) is 4.11. The zero-order chi connectivity index (χ0) is 23.1. The van der Waals surface area contributed by atoms with Crippen LogP contribution in [0.15, 0.2) is 36.4 Å². The minimum atomic E-state index is -0.288. The number of aromatic hydroxyl groups is 1. The van der Waals surface area contributed by atoms with Crippen LogP contribution in [0.25, 0.3) is 11.0 Å². The van der Waals surface area contributed by atoms with Gasteiger partial charge in [0, 0.05) is 16.7 Å². The number of nitrogen functional groups attached to an aromatic ring is 1. The number of Topliss-reactive ketones (excluding diaryl/α,β-unsaturated/α-hetero) is 1. The lowest BCUT2D eigenvalue weighted by molar-refractivity contribution is -0.642. The van der Waals surface area contributed by atoms with Gasteiger partial charge in [0.15, 0.2) is 5.78 Å². The third-order valence-electron chi connectivity index (χ3n) is 5.81. The first-order valence-electron chi connectivity index (χ1n) is 11.0. The van der Waals surface area contributed by atoms with Gasteiger partial charge < -0.3 is 5.11 Å². The molecular formula is C26H36N3O2+. The second-order valence-electron chi connectivity index (χ2n) is 10.4. The first-order valence-corrected chi connectivity index (χ1v) is 11.0. The average molecular weight is 423 g/mol. The Morgan fingerprint density at radius 1 is 1.03 bits per heavy atom. The van der Waals surface area contributed by atoms with Gasteiger partial charge in [-0.15, -0.1) is 0 Å². The molecule has 1 aromatic heterocycles. The fourth-order valence-corrected chi connectivity index (χ4v) is 4.11. The molecular weight excluding hydrogens is 386 g/mol. The summed E-state index contributed by atoms with van der Waals surface area (Å²) in [5.41, 5.74) is 10.1. The summed E-state index contributed by atoms with van der Waals surface area (Å²) >= 11 is 0. The smallest absolute Gasteiger partial charge is 0.356 e. The number of para-hydroxylation sites is 2. The van der Waals surface area contributed by atoms with Crippen LogP contribution >= 0.6 is 0 Å². The molecule has 0 saturated carbocycles. The molecule has 0 aliphatic heterocycles. The van der Waals surface area contributed by atoms with E-state index in [1.54, 1.807) is 0 Å². The minimum Gasteiger partial charge on any atom is -0.507 e. The van der Waals surface area contributed by atoms with Crippen molar-refractivity contribution in [3.05, 3.63) is 53.1 Å². The maximum Gasteiger partial charge on any atom is 0.356 e. The number of phenolic OH excluding ortho intramolecular Hbond substituents is 1. The van der Waals surface area contributed by atoms with E-state index in [4.69, 9.17) is 5.73 Å². The van der Waals surface area contributed by atoms with Crippen LogP contribution in [0.5, 0.6) is 5.75 Å². The van der Waals surface area contributed by atoms with Gasteiger partial charge in [0.2, 0.25) is 0 Å². The monoisotopic (exact) mass is 422 g/mol. The lowest BCUT2D eigenvalue weighted by Crippen LogP contribution is -2.40. The van der Waals surface area contributed by atoms with Crippen molar-refractivity contribution in [2.75, 3.05) is 5.73 Å². The number of imidazole rings is 1. The number of aryl methyl sites for hydroxylation is 1. The van der Waals surface area contributed by atoms with E-state index < -0.39 is 0 Å². The zero-order valence-corrected chi connectivity index (χ0v) is 19.9. The van der Waals surface area contributed by atoms with Crippen LogP contribution in [0.1, 0.15) is 76.4 Å². The number of hydrogen-bond donors (Lipinski definition) is 2. The van der Waals surface area contributed by atoms with Gasteiger partial charge in [-0.2, -0.15) is 0 Å². The third-order valence-corrected chi connectivity index (χ3v) is 5.81. The van der Waals surface area contributed by atoms with Gasteiger partial charge >= 0.3 is 5.95 Å². The Balaban J connectivity index is 2.12. The van der Waals surface area contributed by atoms with Gasteiger partial charge in [0.25, 0.3) is 0 Å². The number of carbonyl (C=O) groups excluding carboxylic acids is 1. The number of hydrogen-bond acceptors (Lipinski definition) is 3. The summed E-state index contributed by atoms with van der Waals surface area (Å²) < 4.78 is 3.97. The number of aromatic nitrogens is 2. The quantitative estimate of drug-likeness (QED) is 0.444. The highest BCUT2D eigenvalue weighted by molar-refractivity contribution is 5.96. The van der Waals surface area contributed by atoms with Crippen LogP contribution in [0, 0.1) is 0 Å². The van der Waals surface area contributed by atoms with E-state index in [0.717, 1.165) is 35.1 Å². The summed E-state index contributed by atoms with van der Waals surface area (Å²) in [6.07, 6.45) is 0.957. The summed E-state index contributed by atoms with van der Waals surface area (Å²) in [5, 5.41) is 11.0. The molecule has 0 spiro atoms. The van der Waals surface area contributed by atoms with Crippen LogP contribution in [-0.2, 0) is 23.9 Å². The van der Waals surface area contributed by atoms with Crippen LogP contribution in [-0.4, -0.2) is 15.5 Å². The molecule has 166 valence electrons. The molecule has 0 saturated heterocycles. The third kappa shape index (κ3) is 4.32. The van der Waals surface area contributed by atoms with E-state index >= 15 is 0 Å². The minimum absolute atomic E-state index is 0.0212. The van der Waals surface area contributed by atoms with Gasteiger partial charge in [-0.3, -0.25) is 10.5 Å². The van der Waals surface area contributed by atoms with E-state index in [9.17, 15) is 9.90 Å². The van der Waals surface area contributed by atoms with E-state index in [-0.39, 0.29) is 28.9 Å². The maximum atomic E-state index is 13.5. The second-order valence-corrected chi connectivity index (χ2v) is 10.4. The molecule has 0 bridgehead atoms. The zero-order valence-electron chi connectivity index (χ0n) is 19.9. The van der Waals surface area contributed by atoms with Gasteiger partial charge in [-0.25, -0.2) is 9.13 Å². The summed E-state index contributed by atoms with van der Waals surface area (Å²) in [4.78, 5) is 13.5. The first-order chi connectivity index (χ1) is 14.4. The molecule has 3 N–H and O–H groups in total. The number of anilines is 1. The van der Waals surface area contributed by atoms with E-state index in [1.165, 1.54) is 0 Å². The molecule has 31 heavy (non-hydrogen) atoms. The van der Waals surface area contributed by atoms with Crippen molar-refractivity contribution in [1.82, 2.24) is 4.57 Å². The molecule has 0 aliphatic rings. The summed E-state index contributed by atoms with van der Waals surface area (Å²) in [5.74, 6) is 0.845. The van der Waals surface area contributed by atoms with E-state index in [0.29, 0.717) is 11.5 Å². The van der Waals surface area contributed by atoms with Gasteiger partial charge in [-0.1, -0.05) is 60.6 Å². The van der Waals surface area contributed by atoms with Crippen molar-refractivity contribution in [2.45, 2.75) is 78.8 Å². The van der Waals surface area contributed by atoms with Crippen molar-refractivity contribution < 1.29 is 14.5 Å². The van der Waals surface area contributed by atoms with Crippen molar-refractivity contribution in [1.29, 1.82) is 0 Å². The predicted molar refractivity (Wildman–Crippen MR) is 127 cm³/mol. The predicted octanol–water partition coefficient (Wildman–Crippen LogP) is 5.10. The Kier molecular flexibility index (Phi) is 5.92. The largest absolute Gasteiger partial charge is 0.507 e. The van der Waals surface area contributed by atoms with Gasteiger partial charge in [0.1, 0.15) is 23.3 Å². The Morgan fingerprint density at radius 2 is 1.58 bits per heavy atom. The number of nitrogens with two attached hydrogens (primary N) is 1. The highest BCUT2D eigenvalue weighted by Crippen LogP contribution is 2.39. The molecule has 0 atom stereocenters. The van der Waals surface area contributed by atoms with Crippen LogP contribution in [0.4, 0.5) is 5.95 Å². The topological polar surface area (TPSA) is 72.1 Å². The Bertz CT molecular complexity index is 1090. The number of ketones is 1. The second kappa shape index (κ2) is 8.03. The molecule has 5 heteroatoms. The first kappa shape index (κ1) is 22.9. The lowest BCUT2D eigenvalue weighted by Gasteiger charge is -2.28. The molecule has 0 unspecified atom stereocenters. The van der Waals surface area contributed by atoms with Crippen molar-refractivity contribution >= 4 is 22.8 Å². The molecule has 0 radical (unpaired) electrons. The number of phenols is 1. The number of benzene rings is 2. The standard InChI is InChI=1S/C26H35N3O2/c1-8-13-28-20-11-9-10-12-21(20)29(24(28)27)16-22(30)17-14-18(25(2,3)4)23(31)19(15-17)26(5,6)7/h9-12,14-15,27H,8,13,16H2,1-7H3,(H,30,31)/p+1. The Hall–Kier alpha value is -2.82. The molecule has 2 aromatic carbocycles. The molecule has 1 heterocycles. The van der Waals surface area contributed by atoms with Crippen molar-refractivity contribution in [3.63, 3.8) is 0 Å².